The highest BCUT2D eigenvalue weighted by atomic mass is 35.5. The van der Waals surface area contributed by atoms with Crippen molar-refractivity contribution in [3.05, 3.63) is 70.3 Å². The highest BCUT2D eigenvalue weighted by Crippen LogP contribution is 2.46. The first-order valence-electron chi connectivity index (χ1n) is 14.7. The molecule has 41 heavy (non-hydrogen) atoms. The van der Waals surface area contributed by atoms with E-state index in [4.69, 9.17) is 16.3 Å². The van der Waals surface area contributed by atoms with E-state index >= 15 is 0 Å². The zero-order valence-electron chi connectivity index (χ0n) is 23.9. The number of benzene rings is 2. The molecule has 4 aliphatic rings. The average molecular weight is 595 g/mol. The molecule has 8 heteroatoms. The van der Waals surface area contributed by atoms with Crippen molar-refractivity contribution >= 4 is 44.6 Å². The largest absolute Gasteiger partial charge is 0.490 e. The summed E-state index contributed by atoms with van der Waals surface area (Å²) in [5.41, 5.74) is 3.57. The summed E-state index contributed by atoms with van der Waals surface area (Å²) in [7, 11) is -2.89. The van der Waals surface area contributed by atoms with Crippen LogP contribution in [0.25, 0.3) is 0 Å². The van der Waals surface area contributed by atoms with E-state index in [1.165, 1.54) is 11.1 Å². The Labute approximate surface area is 248 Å². The summed E-state index contributed by atoms with van der Waals surface area (Å²) in [6.45, 7) is 5.94. The zero-order chi connectivity index (χ0) is 28.9. The molecule has 2 aromatic rings. The van der Waals surface area contributed by atoms with E-state index in [0.717, 1.165) is 48.6 Å². The molecule has 1 spiro atoms. The van der Waals surface area contributed by atoms with Crippen molar-refractivity contribution in [3.8, 4) is 5.75 Å². The molecular formula is C33H39ClN2O4S. The summed E-state index contributed by atoms with van der Waals surface area (Å²) in [5.74, 6) is 4.81. The van der Waals surface area contributed by atoms with Gasteiger partial charge in [0.1, 0.15) is 5.75 Å². The second-order valence-corrected chi connectivity index (χ2v) is 15.3. The molecule has 2 aliphatic carbocycles. The summed E-state index contributed by atoms with van der Waals surface area (Å²) < 4.78 is 22.6. The topological polar surface area (TPSA) is 75.7 Å². The zero-order valence-corrected chi connectivity index (χ0v) is 25.4. The predicted octanol–water partition coefficient (Wildman–Crippen LogP) is 5.61. The highest BCUT2D eigenvalue weighted by Gasteiger charge is 2.44. The molecule has 1 amide bonds. The lowest BCUT2D eigenvalue weighted by atomic mass is 9.68. The van der Waals surface area contributed by atoms with E-state index in [-0.39, 0.29) is 40.6 Å². The fraction of sp³-hybridized carbons (Fsp3) is 0.485. The lowest BCUT2D eigenvalue weighted by Gasteiger charge is -2.44. The normalized spacial score (nSPS) is 34.4. The molecule has 6 nitrogen and oxygen atoms in total. The summed E-state index contributed by atoms with van der Waals surface area (Å²) in [4.78, 5) is 29.1. The Bertz CT molecular complexity index is 1520. The smallest absolute Gasteiger partial charge is 0.262 e. The van der Waals surface area contributed by atoms with E-state index in [1.807, 2.05) is 38.1 Å². The Morgan fingerprint density at radius 2 is 1.98 bits per heavy atom. The predicted molar refractivity (Wildman–Crippen MR) is 167 cm³/mol. The fourth-order valence-electron chi connectivity index (χ4n) is 7.11. The molecule has 218 valence electrons. The standard InChI is InChI=1S/C33H39ClN2O4S/c1-21-6-12-30(37)27-10-7-25(27)17-36-19-33(14-4-5-23-15-26(34)9-11-28(23)33)20-40-31-13-8-24(16-29(31)36)32(38)35-41(3,39)18-22(21)2/h6,8-9,11-13,15-16,21-22,25,27H,3-5,7,10,14,17-20H2,1-2H3,(H,35,38,39)/b12-6+/t21-,22+,25+,27-,33+,41?/m1/s1. The van der Waals surface area contributed by atoms with Gasteiger partial charge in [0, 0.05) is 50.5 Å². The van der Waals surface area contributed by atoms with Crippen molar-refractivity contribution in [2.45, 2.75) is 51.4 Å². The Kier molecular flexibility index (Phi) is 7.48. The quantitative estimate of drug-likeness (QED) is 0.401. The third-order valence-corrected chi connectivity index (χ3v) is 11.7. The fourth-order valence-corrected chi connectivity index (χ4v) is 8.99. The van der Waals surface area contributed by atoms with Gasteiger partial charge in [0.15, 0.2) is 5.78 Å². The van der Waals surface area contributed by atoms with E-state index in [9.17, 15) is 13.8 Å². The molecule has 6 atom stereocenters. The molecule has 1 unspecified atom stereocenters. The maximum absolute atomic E-state index is 13.4. The van der Waals surface area contributed by atoms with Crippen LogP contribution >= 0.6 is 11.6 Å². The minimum atomic E-state index is -2.89. The molecule has 0 saturated heterocycles. The number of nitrogens with zero attached hydrogens (tertiary/aromatic N) is 1. The van der Waals surface area contributed by atoms with Gasteiger partial charge in [0.05, 0.1) is 12.3 Å². The van der Waals surface area contributed by atoms with Crippen molar-refractivity contribution in [2.75, 3.05) is 30.3 Å². The van der Waals surface area contributed by atoms with Gasteiger partial charge in [-0.1, -0.05) is 37.6 Å². The average Bonchev–Trinajstić information content (AvgIpc) is 3.05. The van der Waals surface area contributed by atoms with Crippen LogP contribution in [-0.4, -0.2) is 47.2 Å². The van der Waals surface area contributed by atoms with Crippen LogP contribution in [0.15, 0.2) is 48.6 Å². The number of halogens is 1. The Morgan fingerprint density at radius 3 is 2.76 bits per heavy atom. The molecule has 1 N–H and O–H groups in total. The minimum Gasteiger partial charge on any atom is -0.490 e. The molecule has 1 fully saturated rings. The van der Waals surface area contributed by atoms with Gasteiger partial charge in [-0.05, 0) is 103 Å². The maximum atomic E-state index is 13.4. The molecule has 6 rings (SSSR count). The van der Waals surface area contributed by atoms with Gasteiger partial charge < -0.3 is 9.64 Å². The number of aryl methyl sites for hydroxylation is 1. The molecule has 2 aliphatic heterocycles. The monoisotopic (exact) mass is 594 g/mol. The number of fused-ring (bicyclic) bond motifs is 4. The van der Waals surface area contributed by atoms with Gasteiger partial charge in [-0.3, -0.25) is 14.3 Å². The Balaban J connectivity index is 1.42. The number of carbonyl (C=O) groups is 2. The summed E-state index contributed by atoms with van der Waals surface area (Å²) >= 11 is 6.39. The summed E-state index contributed by atoms with van der Waals surface area (Å²) in [6, 6.07) is 11.7. The highest BCUT2D eigenvalue weighted by molar-refractivity contribution is 7.99. The van der Waals surface area contributed by atoms with Gasteiger partial charge in [0.2, 0.25) is 0 Å². The van der Waals surface area contributed by atoms with Crippen molar-refractivity contribution in [1.29, 1.82) is 0 Å². The molecule has 2 aromatic carbocycles. The molecule has 2 heterocycles. The first-order chi connectivity index (χ1) is 19.5. The number of allylic oxidation sites excluding steroid dienone is 2. The second-order valence-electron chi connectivity index (χ2n) is 12.7. The van der Waals surface area contributed by atoms with Gasteiger partial charge >= 0.3 is 0 Å². The number of carbonyl (C=O) groups excluding carboxylic acids is 2. The van der Waals surface area contributed by atoms with Crippen LogP contribution in [-0.2, 0) is 26.3 Å². The first kappa shape index (κ1) is 28.4. The molecule has 1 saturated carbocycles. The number of hydrogen-bond donors (Lipinski definition) is 1. The minimum absolute atomic E-state index is 0.0187. The Hall–Kier alpha value is -2.77. The van der Waals surface area contributed by atoms with E-state index in [1.54, 1.807) is 12.1 Å². The van der Waals surface area contributed by atoms with Gasteiger partial charge in [-0.15, -0.1) is 0 Å². The maximum Gasteiger partial charge on any atom is 0.262 e. The SMILES string of the molecule is C=S1(=O)C[C@H](C)[C@H](C)/C=C/C(=O)[C@@H]2CC[C@H]2CN2C[C@@]3(CCCc4cc(Cl)ccc43)COc3ccc(cc32)C(=O)N1. The van der Waals surface area contributed by atoms with Crippen LogP contribution in [0.2, 0.25) is 5.02 Å². The third kappa shape index (κ3) is 5.55. The number of ketones is 1. The van der Waals surface area contributed by atoms with Crippen LogP contribution in [0.1, 0.15) is 61.0 Å². The van der Waals surface area contributed by atoms with Crippen molar-refractivity contribution in [1.82, 2.24) is 4.72 Å². The number of amides is 1. The summed E-state index contributed by atoms with van der Waals surface area (Å²) in [6.07, 6.45) is 8.55. The number of ether oxygens (including phenoxy) is 1. The van der Waals surface area contributed by atoms with E-state index in [2.05, 4.69) is 27.6 Å². The van der Waals surface area contributed by atoms with Gasteiger partial charge in [-0.25, -0.2) is 4.21 Å². The lowest BCUT2D eigenvalue weighted by Crippen LogP contribution is -2.49. The number of hydrogen-bond acceptors (Lipinski definition) is 5. The van der Waals surface area contributed by atoms with E-state index < -0.39 is 15.6 Å². The summed E-state index contributed by atoms with van der Waals surface area (Å²) in [5, 5.41) is 0.744. The van der Waals surface area contributed by atoms with Crippen LogP contribution in [0, 0.1) is 23.7 Å². The van der Waals surface area contributed by atoms with E-state index in [0.29, 0.717) is 25.3 Å². The first-order valence-corrected chi connectivity index (χ1v) is 17.0. The van der Waals surface area contributed by atoms with Gasteiger partial charge in [0.25, 0.3) is 5.91 Å². The van der Waals surface area contributed by atoms with Crippen molar-refractivity contribution in [2.24, 2.45) is 23.7 Å². The van der Waals surface area contributed by atoms with Crippen molar-refractivity contribution in [3.63, 3.8) is 0 Å². The van der Waals surface area contributed by atoms with Crippen molar-refractivity contribution < 1.29 is 18.5 Å². The molecule has 2 bridgehead atoms. The number of rotatable bonds is 0. The molecule has 0 aromatic heterocycles. The Morgan fingerprint density at radius 1 is 1.15 bits per heavy atom. The van der Waals surface area contributed by atoms with Gasteiger partial charge in [-0.2, -0.15) is 0 Å². The van der Waals surface area contributed by atoms with Crippen LogP contribution < -0.4 is 14.4 Å². The van der Waals surface area contributed by atoms with Crippen LogP contribution in [0.5, 0.6) is 5.75 Å². The number of anilines is 1. The molecule has 0 radical (unpaired) electrons. The van der Waals surface area contributed by atoms with Crippen LogP contribution in [0.4, 0.5) is 5.69 Å². The van der Waals surface area contributed by atoms with Crippen LogP contribution in [0.3, 0.4) is 0 Å². The second kappa shape index (κ2) is 10.8. The lowest BCUT2D eigenvalue weighted by molar-refractivity contribution is -0.122. The number of nitrogens with one attached hydrogen (secondary N) is 1. The third-order valence-electron chi connectivity index (χ3n) is 9.81. The molecular weight excluding hydrogens is 556 g/mol.